The second-order valence-corrected chi connectivity index (χ2v) is 10.4. The van der Waals surface area contributed by atoms with Crippen molar-refractivity contribution in [1.29, 1.82) is 0 Å². The van der Waals surface area contributed by atoms with E-state index in [9.17, 15) is 4.57 Å². The number of rotatable bonds is 9. The molecule has 0 amide bonds. The number of thiazole rings is 1. The molecule has 0 unspecified atom stereocenters. The van der Waals surface area contributed by atoms with E-state index >= 15 is 0 Å². The first-order valence-corrected chi connectivity index (χ1v) is 12.7. The Balaban J connectivity index is 1.68. The normalized spacial score (nSPS) is 12.5. The minimum absolute atomic E-state index is 0.504. The van der Waals surface area contributed by atoms with Gasteiger partial charge in [-0.05, 0) is 55.3 Å². The highest BCUT2D eigenvalue weighted by molar-refractivity contribution is 7.55. The van der Waals surface area contributed by atoms with Crippen molar-refractivity contribution >= 4 is 34.3 Å². The summed E-state index contributed by atoms with van der Waals surface area (Å²) in [4.78, 5) is 4.68. The van der Waals surface area contributed by atoms with Gasteiger partial charge in [-0.3, -0.25) is 0 Å². The highest BCUT2D eigenvalue weighted by Gasteiger charge is 2.39. The zero-order valence-corrected chi connectivity index (χ0v) is 19.2. The predicted octanol–water partition coefficient (Wildman–Crippen LogP) is 7.49. The number of para-hydroxylation sites is 2. The number of anilines is 1. The number of fused-ring (bicyclic) bond motifs is 1. The Morgan fingerprint density at radius 3 is 2.16 bits per heavy atom. The van der Waals surface area contributed by atoms with Gasteiger partial charge in [-0.15, -0.1) is 0 Å². The molecule has 0 aliphatic heterocycles. The van der Waals surface area contributed by atoms with Gasteiger partial charge in [0.25, 0.3) is 0 Å². The van der Waals surface area contributed by atoms with Crippen LogP contribution in [0.2, 0.25) is 0 Å². The number of hydrogen-bond acceptors (Lipinski definition) is 6. The summed E-state index contributed by atoms with van der Waals surface area (Å²) in [6.45, 7) is 4.10. The molecule has 1 heterocycles. The van der Waals surface area contributed by atoms with Crippen molar-refractivity contribution in [2.75, 3.05) is 5.32 Å². The van der Waals surface area contributed by atoms with Gasteiger partial charge in [0.2, 0.25) is 0 Å². The number of hydrogen-bond donors (Lipinski definition) is 1. The van der Waals surface area contributed by atoms with E-state index in [1.807, 2.05) is 55.5 Å². The smallest absolute Gasteiger partial charge is 0.415 e. The molecule has 5 nitrogen and oxygen atoms in total. The molecule has 0 fully saturated rings. The fourth-order valence-electron chi connectivity index (χ4n) is 3.22. The van der Waals surface area contributed by atoms with Gasteiger partial charge in [-0.2, -0.15) is 0 Å². The third kappa shape index (κ3) is 5.27. The number of aryl methyl sites for hydroxylation is 1. The molecule has 0 spiro atoms. The van der Waals surface area contributed by atoms with Gasteiger partial charge in [-0.1, -0.05) is 67.1 Å². The van der Waals surface area contributed by atoms with Gasteiger partial charge in [0.15, 0.2) is 10.9 Å². The maximum absolute atomic E-state index is 14.2. The zero-order valence-electron chi connectivity index (χ0n) is 17.5. The molecule has 0 bridgehead atoms. The second-order valence-electron chi connectivity index (χ2n) is 7.29. The standard InChI is InChI=1S/C24H25N2O3PS/c1-3-10-23(26-24-25-21-16-15-18(2)17-22(21)31-24)30(27,28-19-11-6-4-7-12-19)29-20-13-8-5-9-14-20/h4-9,11-17,23H,3,10H2,1-2H3,(H,25,26)/t23-/m0/s1. The predicted molar refractivity (Wildman–Crippen MR) is 128 cm³/mol. The van der Waals surface area contributed by atoms with E-state index in [1.54, 1.807) is 24.3 Å². The maximum atomic E-state index is 14.2. The van der Waals surface area contributed by atoms with Gasteiger partial charge in [0.1, 0.15) is 11.5 Å². The van der Waals surface area contributed by atoms with Gasteiger partial charge in [0, 0.05) is 0 Å². The third-order valence-corrected chi connectivity index (χ3v) is 7.76. The topological polar surface area (TPSA) is 60.5 Å². The van der Waals surface area contributed by atoms with Crippen LogP contribution < -0.4 is 14.4 Å². The van der Waals surface area contributed by atoms with Crippen molar-refractivity contribution in [3.63, 3.8) is 0 Å². The van der Waals surface area contributed by atoms with Crippen LogP contribution in [-0.4, -0.2) is 10.8 Å². The van der Waals surface area contributed by atoms with Crippen LogP contribution in [-0.2, 0) is 4.57 Å². The summed E-state index contributed by atoms with van der Waals surface area (Å²) in [5.74, 6) is 0.453. The lowest BCUT2D eigenvalue weighted by Crippen LogP contribution is -2.25. The van der Waals surface area contributed by atoms with E-state index in [0.717, 1.165) is 16.6 Å². The van der Waals surface area contributed by atoms with Gasteiger partial charge in [0.05, 0.1) is 10.2 Å². The lowest BCUT2D eigenvalue weighted by Gasteiger charge is -2.27. The van der Waals surface area contributed by atoms with Crippen LogP contribution in [0, 0.1) is 6.92 Å². The molecule has 0 aliphatic carbocycles. The Kier molecular flexibility index (Phi) is 6.59. The van der Waals surface area contributed by atoms with E-state index in [1.165, 1.54) is 16.9 Å². The van der Waals surface area contributed by atoms with Crippen LogP contribution in [0.25, 0.3) is 10.2 Å². The number of benzene rings is 3. The lowest BCUT2D eigenvalue weighted by molar-refractivity contribution is 0.372. The third-order valence-electron chi connectivity index (χ3n) is 4.73. The van der Waals surface area contributed by atoms with Crippen LogP contribution >= 0.6 is 18.9 Å². The summed E-state index contributed by atoms with van der Waals surface area (Å²) in [6, 6.07) is 24.4. The molecule has 7 heteroatoms. The van der Waals surface area contributed by atoms with E-state index in [4.69, 9.17) is 9.05 Å². The Hall–Kier alpha value is -2.82. The van der Waals surface area contributed by atoms with Crippen molar-refractivity contribution < 1.29 is 13.6 Å². The largest absolute Gasteiger partial charge is 0.452 e. The summed E-state index contributed by atoms with van der Waals surface area (Å²) in [6.07, 6.45) is 1.41. The molecular formula is C24H25N2O3PS. The molecule has 0 saturated carbocycles. The molecule has 160 valence electrons. The zero-order chi connectivity index (χ0) is 21.7. The number of aromatic nitrogens is 1. The minimum Gasteiger partial charge on any atom is -0.415 e. The number of nitrogens with one attached hydrogen (secondary N) is 1. The molecular weight excluding hydrogens is 427 g/mol. The van der Waals surface area contributed by atoms with Crippen LogP contribution in [0.4, 0.5) is 5.13 Å². The highest BCUT2D eigenvalue weighted by atomic mass is 32.1. The fourth-order valence-corrected chi connectivity index (χ4v) is 6.30. The molecule has 0 aliphatic rings. The van der Waals surface area contributed by atoms with Gasteiger partial charge < -0.3 is 14.4 Å². The minimum atomic E-state index is -3.65. The van der Waals surface area contributed by atoms with Crippen LogP contribution in [0.3, 0.4) is 0 Å². The number of nitrogens with zero attached hydrogens (tertiary/aromatic N) is 1. The summed E-state index contributed by atoms with van der Waals surface area (Å²) in [5.41, 5.74) is 2.09. The van der Waals surface area contributed by atoms with E-state index in [0.29, 0.717) is 23.1 Å². The van der Waals surface area contributed by atoms with Crippen LogP contribution in [0.15, 0.2) is 78.9 Å². The quantitative estimate of drug-likeness (QED) is 0.267. The lowest BCUT2D eigenvalue weighted by atomic mass is 10.2. The molecule has 4 aromatic rings. The molecule has 1 aromatic heterocycles. The Morgan fingerprint density at radius 1 is 0.968 bits per heavy atom. The Bertz CT molecular complexity index is 1140. The van der Waals surface area contributed by atoms with E-state index in [2.05, 4.69) is 23.3 Å². The Labute approximate surface area is 186 Å². The average molecular weight is 453 g/mol. The van der Waals surface area contributed by atoms with Gasteiger partial charge in [-0.25, -0.2) is 9.55 Å². The van der Waals surface area contributed by atoms with Gasteiger partial charge >= 0.3 is 7.60 Å². The molecule has 4 rings (SSSR count). The molecule has 0 radical (unpaired) electrons. The molecule has 0 saturated heterocycles. The summed E-state index contributed by atoms with van der Waals surface area (Å²) in [5, 5.41) is 4.07. The van der Waals surface area contributed by atoms with Crippen molar-refractivity contribution in [1.82, 2.24) is 4.98 Å². The Morgan fingerprint density at radius 2 is 1.58 bits per heavy atom. The SMILES string of the molecule is CCC[C@@H](Nc1nc2ccc(C)cc2s1)P(=O)(Oc1ccccc1)Oc1ccccc1. The second kappa shape index (κ2) is 9.54. The van der Waals surface area contributed by atoms with Crippen LogP contribution in [0.1, 0.15) is 25.3 Å². The monoisotopic (exact) mass is 452 g/mol. The highest BCUT2D eigenvalue weighted by Crippen LogP contribution is 2.54. The maximum Gasteiger partial charge on any atom is 0.452 e. The summed E-state index contributed by atoms with van der Waals surface area (Å²) < 4.78 is 27.3. The molecule has 1 atom stereocenters. The summed E-state index contributed by atoms with van der Waals surface area (Å²) >= 11 is 1.54. The average Bonchev–Trinajstić information content (AvgIpc) is 3.16. The van der Waals surface area contributed by atoms with Crippen molar-refractivity contribution in [3.05, 3.63) is 84.4 Å². The van der Waals surface area contributed by atoms with E-state index < -0.39 is 13.4 Å². The first-order valence-electron chi connectivity index (χ1n) is 10.3. The van der Waals surface area contributed by atoms with E-state index in [-0.39, 0.29) is 0 Å². The molecule has 1 N–H and O–H groups in total. The summed E-state index contributed by atoms with van der Waals surface area (Å²) in [7, 11) is -3.65. The molecule has 3 aromatic carbocycles. The van der Waals surface area contributed by atoms with Crippen molar-refractivity contribution in [2.45, 2.75) is 32.5 Å². The first-order chi connectivity index (χ1) is 15.1. The fraction of sp³-hybridized carbons (Fsp3) is 0.208. The van der Waals surface area contributed by atoms with Crippen LogP contribution in [0.5, 0.6) is 11.5 Å². The van der Waals surface area contributed by atoms with Crippen molar-refractivity contribution in [2.24, 2.45) is 0 Å². The molecule has 31 heavy (non-hydrogen) atoms. The van der Waals surface area contributed by atoms with Crippen molar-refractivity contribution in [3.8, 4) is 11.5 Å². The first kappa shape index (κ1) is 21.4.